The summed E-state index contributed by atoms with van der Waals surface area (Å²) in [6.45, 7) is 0. The minimum absolute atomic E-state index is 0.400. The van der Waals surface area contributed by atoms with E-state index < -0.39 is 5.41 Å². The largest absolute Gasteiger partial charge is 0.453 e. The van der Waals surface area contributed by atoms with Gasteiger partial charge >= 0.3 is 0 Å². The standard InChI is InChI=1S/C55H33NO2/c1-2-13-34(14-3-1)35-25-27-36(28-26-35)38-32-51-54-52(33-38)58-50-31-37(29-30-48(50)56(54)47-23-10-11-24-49(47)57-51)39-18-12-22-46-53(39)42-17-6-9-21-45(42)55(46)43-19-7-4-15-40(43)41-16-5-8-20-44(41)55/h1-33H. The molecule has 2 heterocycles. The molecule has 9 aromatic carbocycles. The normalized spacial score (nSPS) is 13.9. The van der Waals surface area contributed by atoms with Crippen LogP contribution < -0.4 is 14.4 Å². The molecule has 0 radical (unpaired) electrons. The molecule has 270 valence electrons. The molecule has 2 aliphatic heterocycles. The van der Waals surface area contributed by atoms with Crippen molar-refractivity contribution in [2.45, 2.75) is 5.41 Å². The molecule has 3 heteroatoms. The van der Waals surface area contributed by atoms with Gasteiger partial charge in [-0.2, -0.15) is 0 Å². The van der Waals surface area contributed by atoms with E-state index in [2.05, 4.69) is 193 Å². The molecule has 13 rings (SSSR count). The SMILES string of the molecule is c1ccc(-c2ccc(-c3cc4c5c(c3)Oc3cc(-c6cccc7c6-c6ccccc6C76c7ccccc7-c7ccccc76)ccc3N5c3ccccc3O4)cc2)cc1. The highest BCUT2D eigenvalue weighted by atomic mass is 16.5. The molecule has 0 saturated heterocycles. The van der Waals surface area contributed by atoms with Crippen molar-refractivity contribution in [3.63, 3.8) is 0 Å². The fraction of sp³-hybridized carbons (Fsp3) is 0.0182. The molecule has 58 heavy (non-hydrogen) atoms. The summed E-state index contributed by atoms with van der Waals surface area (Å²) in [6, 6.07) is 72.3. The summed E-state index contributed by atoms with van der Waals surface area (Å²) in [5.74, 6) is 3.15. The van der Waals surface area contributed by atoms with Crippen LogP contribution in [0.15, 0.2) is 200 Å². The molecule has 0 N–H and O–H groups in total. The van der Waals surface area contributed by atoms with E-state index in [-0.39, 0.29) is 0 Å². The van der Waals surface area contributed by atoms with Gasteiger partial charge in [0.2, 0.25) is 0 Å². The molecule has 0 unspecified atom stereocenters. The summed E-state index contributed by atoms with van der Waals surface area (Å²) < 4.78 is 13.7. The quantitative estimate of drug-likeness (QED) is 0.180. The maximum Gasteiger partial charge on any atom is 0.156 e. The van der Waals surface area contributed by atoms with Gasteiger partial charge in [-0.3, -0.25) is 4.90 Å². The van der Waals surface area contributed by atoms with Crippen LogP contribution in [0.4, 0.5) is 17.1 Å². The molecule has 4 aliphatic rings. The molecule has 0 aromatic heterocycles. The Balaban J connectivity index is 0.979. The Hall–Kier alpha value is -7.62. The smallest absolute Gasteiger partial charge is 0.156 e. The zero-order valence-electron chi connectivity index (χ0n) is 31.3. The summed E-state index contributed by atoms with van der Waals surface area (Å²) >= 11 is 0. The van der Waals surface area contributed by atoms with Gasteiger partial charge in [-0.25, -0.2) is 0 Å². The summed E-state index contributed by atoms with van der Waals surface area (Å²) in [6.07, 6.45) is 0. The number of nitrogens with zero attached hydrogens (tertiary/aromatic N) is 1. The lowest BCUT2D eigenvalue weighted by Crippen LogP contribution is -2.25. The number of hydrogen-bond acceptors (Lipinski definition) is 3. The van der Waals surface area contributed by atoms with Crippen molar-refractivity contribution in [1.82, 2.24) is 0 Å². The summed E-state index contributed by atoms with van der Waals surface area (Å²) in [5.41, 5.74) is 19.8. The highest BCUT2D eigenvalue weighted by Crippen LogP contribution is 2.65. The Labute approximate surface area is 336 Å². The van der Waals surface area contributed by atoms with Crippen LogP contribution in [0.1, 0.15) is 22.3 Å². The zero-order chi connectivity index (χ0) is 38.0. The fourth-order valence-electron chi connectivity index (χ4n) is 10.3. The highest BCUT2D eigenvalue weighted by molar-refractivity contribution is 6.01. The third-order valence-electron chi connectivity index (χ3n) is 12.7. The lowest BCUT2D eigenvalue weighted by molar-refractivity contribution is 0.446. The summed E-state index contributed by atoms with van der Waals surface area (Å²) in [5, 5.41) is 0. The first-order chi connectivity index (χ1) is 28.8. The third kappa shape index (κ3) is 4.17. The van der Waals surface area contributed by atoms with Crippen LogP contribution in [0.2, 0.25) is 0 Å². The van der Waals surface area contributed by atoms with Gasteiger partial charge in [0, 0.05) is 0 Å². The highest BCUT2D eigenvalue weighted by Gasteiger charge is 2.52. The second-order valence-corrected chi connectivity index (χ2v) is 15.6. The number of rotatable bonds is 3. The number of anilines is 3. The van der Waals surface area contributed by atoms with E-state index in [0.29, 0.717) is 0 Å². The summed E-state index contributed by atoms with van der Waals surface area (Å²) in [4.78, 5) is 2.31. The Bertz CT molecular complexity index is 3140. The first-order valence-electron chi connectivity index (χ1n) is 19.9. The Morgan fingerprint density at radius 2 is 0.793 bits per heavy atom. The number of benzene rings is 9. The van der Waals surface area contributed by atoms with Crippen LogP contribution in [0.5, 0.6) is 23.0 Å². The first kappa shape index (κ1) is 31.6. The van der Waals surface area contributed by atoms with Crippen molar-refractivity contribution in [3.8, 4) is 78.6 Å². The van der Waals surface area contributed by atoms with Gasteiger partial charge in [0.25, 0.3) is 0 Å². The molecule has 9 aromatic rings. The second-order valence-electron chi connectivity index (χ2n) is 15.6. The lowest BCUT2D eigenvalue weighted by Gasteiger charge is -2.38. The van der Waals surface area contributed by atoms with Crippen LogP contribution in [-0.4, -0.2) is 0 Å². The van der Waals surface area contributed by atoms with E-state index in [4.69, 9.17) is 9.47 Å². The molecule has 3 nitrogen and oxygen atoms in total. The summed E-state index contributed by atoms with van der Waals surface area (Å²) in [7, 11) is 0. The van der Waals surface area contributed by atoms with E-state index in [1.54, 1.807) is 0 Å². The zero-order valence-corrected chi connectivity index (χ0v) is 31.3. The van der Waals surface area contributed by atoms with E-state index in [9.17, 15) is 0 Å². The topological polar surface area (TPSA) is 21.7 Å². The number of fused-ring (bicyclic) bond motifs is 14. The molecule has 0 bridgehead atoms. The van der Waals surface area contributed by atoms with Gasteiger partial charge in [-0.15, -0.1) is 0 Å². The minimum Gasteiger partial charge on any atom is -0.453 e. The number of para-hydroxylation sites is 2. The first-order valence-corrected chi connectivity index (χ1v) is 19.9. The van der Waals surface area contributed by atoms with Crippen LogP contribution in [0.3, 0.4) is 0 Å². The molecule has 2 aliphatic carbocycles. The Morgan fingerprint density at radius 3 is 1.52 bits per heavy atom. The number of hydrogen-bond donors (Lipinski definition) is 0. The molecule has 1 spiro atoms. The lowest BCUT2D eigenvalue weighted by atomic mass is 9.70. The third-order valence-corrected chi connectivity index (χ3v) is 12.7. The maximum atomic E-state index is 7.01. The molecule has 0 amide bonds. The van der Waals surface area contributed by atoms with Crippen molar-refractivity contribution in [3.05, 3.63) is 222 Å². The Kier molecular flexibility index (Phi) is 6.37. The average Bonchev–Trinajstić information content (AvgIpc) is 3.76. The van der Waals surface area contributed by atoms with Crippen LogP contribution in [0, 0.1) is 0 Å². The van der Waals surface area contributed by atoms with Gasteiger partial charge < -0.3 is 9.47 Å². The van der Waals surface area contributed by atoms with Crippen molar-refractivity contribution in [2.24, 2.45) is 0 Å². The van der Waals surface area contributed by atoms with Crippen molar-refractivity contribution < 1.29 is 9.47 Å². The van der Waals surface area contributed by atoms with Crippen molar-refractivity contribution in [1.29, 1.82) is 0 Å². The van der Waals surface area contributed by atoms with E-state index >= 15 is 0 Å². The van der Waals surface area contributed by atoms with Gasteiger partial charge in [0.05, 0.1) is 16.8 Å². The van der Waals surface area contributed by atoms with Gasteiger partial charge in [0.1, 0.15) is 5.69 Å². The fourth-order valence-corrected chi connectivity index (χ4v) is 10.3. The average molecular weight is 740 g/mol. The van der Waals surface area contributed by atoms with E-state index in [0.717, 1.165) is 56.8 Å². The van der Waals surface area contributed by atoms with E-state index in [1.165, 1.54) is 61.2 Å². The van der Waals surface area contributed by atoms with Crippen LogP contribution in [-0.2, 0) is 5.41 Å². The molecule has 0 saturated carbocycles. The second kappa shape index (κ2) is 11.7. The van der Waals surface area contributed by atoms with Gasteiger partial charge in [-0.1, -0.05) is 164 Å². The van der Waals surface area contributed by atoms with Crippen LogP contribution in [0.25, 0.3) is 55.6 Å². The maximum absolute atomic E-state index is 7.01. The van der Waals surface area contributed by atoms with Gasteiger partial charge in [0.15, 0.2) is 23.0 Å². The van der Waals surface area contributed by atoms with Gasteiger partial charge in [-0.05, 0) is 114 Å². The molecule has 0 fully saturated rings. The van der Waals surface area contributed by atoms with Crippen LogP contribution >= 0.6 is 0 Å². The predicted octanol–water partition coefficient (Wildman–Crippen LogP) is 14.7. The minimum atomic E-state index is -0.400. The predicted molar refractivity (Wildman–Crippen MR) is 234 cm³/mol. The molecular formula is C55H33NO2. The molecular weight excluding hydrogens is 707 g/mol. The Morgan fingerprint density at radius 1 is 0.310 bits per heavy atom. The van der Waals surface area contributed by atoms with Crippen molar-refractivity contribution in [2.75, 3.05) is 4.90 Å². The monoisotopic (exact) mass is 739 g/mol. The van der Waals surface area contributed by atoms with E-state index in [1.807, 2.05) is 12.1 Å². The molecule has 0 atom stereocenters. The van der Waals surface area contributed by atoms with Crippen molar-refractivity contribution >= 4 is 17.1 Å². The number of ether oxygens (including phenoxy) is 2.